The quantitative estimate of drug-likeness (QED) is 0.393. The van der Waals surface area contributed by atoms with E-state index in [0.717, 1.165) is 22.6 Å². The van der Waals surface area contributed by atoms with E-state index in [-0.39, 0.29) is 4.90 Å². The summed E-state index contributed by atoms with van der Waals surface area (Å²) in [6.45, 7) is 4.55. The third-order valence-electron chi connectivity index (χ3n) is 4.49. The number of ether oxygens (including phenoxy) is 1. The average molecular weight is 445 g/mol. The lowest BCUT2D eigenvalue weighted by atomic mass is 10.2. The van der Waals surface area contributed by atoms with Crippen LogP contribution in [0.3, 0.4) is 0 Å². The molecule has 0 atom stereocenters. The molecule has 0 unspecified atom stereocenters. The van der Waals surface area contributed by atoms with Crippen molar-refractivity contribution in [1.82, 2.24) is 9.29 Å². The highest BCUT2D eigenvalue weighted by molar-refractivity contribution is 7.89. The lowest BCUT2D eigenvalue weighted by Crippen LogP contribution is -2.30. The Labute approximate surface area is 181 Å². The van der Waals surface area contributed by atoms with Gasteiger partial charge >= 0.3 is 0 Å². The second-order valence-corrected chi connectivity index (χ2v) is 9.09. The minimum absolute atomic E-state index is 0.285. The van der Waals surface area contributed by atoms with Crippen molar-refractivity contribution in [2.75, 3.05) is 25.6 Å². The van der Waals surface area contributed by atoms with Gasteiger partial charge in [-0.2, -0.15) is 9.41 Å². The zero-order valence-corrected chi connectivity index (χ0v) is 18.7. The van der Waals surface area contributed by atoms with Crippen molar-refractivity contribution in [3.05, 3.63) is 59.5 Å². The van der Waals surface area contributed by atoms with Crippen molar-refractivity contribution in [2.45, 2.75) is 18.7 Å². The number of methoxy groups -OCH3 is 1. The Morgan fingerprint density at radius 2 is 1.77 bits per heavy atom. The molecule has 1 aromatic heterocycles. The largest absolute Gasteiger partial charge is 0.497 e. The minimum atomic E-state index is -3.46. The molecule has 0 aliphatic carbocycles. The molecule has 0 radical (unpaired) electrons. The highest BCUT2D eigenvalue weighted by Gasteiger charge is 2.21. The van der Waals surface area contributed by atoms with Gasteiger partial charge in [-0.15, -0.1) is 11.3 Å². The molecule has 30 heavy (non-hydrogen) atoms. The number of nitrogens with zero attached hydrogens (tertiary/aromatic N) is 3. The van der Waals surface area contributed by atoms with Crippen LogP contribution in [-0.2, 0) is 10.0 Å². The van der Waals surface area contributed by atoms with Crippen molar-refractivity contribution in [3.63, 3.8) is 0 Å². The number of hydrazone groups is 1. The first-order chi connectivity index (χ1) is 14.5. The van der Waals surface area contributed by atoms with E-state index >= 15 is 0 Å². The summed E-state index contributed by atoms with van der Waals surface area (Å²) >= 11 is 1.43. The molecule has 1 N–H and O–H groups in total. The number of anilines is 1. The van der Waals surface area contributed by atoms with Gasteiger partial charge in [-0.1, -0.05) is 26.0 Å². The number of benzene rings is 2. The Balaban J connectivity index is 1.67. The van der Waals surface area contributed by atoms with Gasteiger partial charge in [0.2, 0.25) is 15.2 Å². The molecule has 1 heterocycles. The average Bonchev–Trinajstić information content (AvgIpc) is 3.24. The van der Waals surface area contributed by atoms with Crippen molar-refractivity contribution >= 4 is 32.7 Å². The highest BCUT2D eigenvalue weighted by atomic mass is 32.2. The van der Waals surface area contributed by atoms with Crippen LogP contribution in [0.1, 0.15) is 19.4 Å². The summed E-state index contributed by atoms with van der Waals surface area (Å²) in [6, 6.07) is 14.3. The van der Waals surface area contributed by atoms with Crippen LogP contribution in [0.4, 0.5) is 5.13 Å². The second-order valence-electron chi connectivity index (χ2n) is 6.29. The fourth-order valence-corrected chi connectivity index (χ4v) is 4.95. The molecule has 9 heteroatoms. The molecule has 0 bridgehead atoms. The van der Waals surface area contributed by atoms with Crippen LogP contribution in [0.15, 0.2) is 63.9 Å². The molecule has 158 valence electrons. The third-order valence-corrected chi connectivity index (χ3v) is 7.30. The first-order valence-corrected chi connectivity index (χ1v) is 11.8. The SMILES string of the molecule is CCN(CC)S(=O)(=O)c1ccc(-c2csc(NN=Cc3ccc(OC)cc3)n2)cc1. The zero-order chi connectivity index (χ0) is 21.6. The molecule has 0 spiro atoms. The summed E-state index contributed by atoms with van der Waals surface area (Å²) in [6.07, 6.45) is 1.70. The molecule has 0 aliphatic rings. The number of nitrogens with one attached hydrogen (secondary N) is 1. The number of aromatic nitrogens is 1. The summed E-state index contributed by atoms with van der Waals surface area (Å²) in [5.74, 6) is 0.792. The van der Waals surface area contributed by atoms with Gasteiger partial charge in [0.05, 0.1) is 23.9 Å². The van der Waals surface area contributed by atoms with E-state index in [0.29, 0.717) is 18.2 Å². The van der Waals surface area contributed by atoms with Gasteiger partial charge in [0.25, 0.3) is 0 Å². The van der Waals surface area contributed by atoms with Crippen molar-refractivity contribution < 1.29 is 13.2 Å². The number of hydrogen-bond donors (Lipinski definition) is 1. The first kappa shape index (κ1) is 21.9. The van der Waals surface area contributed by atoms with E-state index in [4.69, 9.17) is 4.74 Å². The van der Waals surface area contributed by atoms with Gasteiger partial charge in [-0.3, -0.25) is 5.43 Å². The summed E-state index contributed by atoms with van der Waals surface area (Å²) in [4.78, 5) is 4.80. The first-order valence-electron chi connectivity index (χ1n) is 9.47. The van der Waals surface area contributed by atoms with E-state index < -0.39 is 10.0 Å². The molecule has 0 aliphatic heterocycles. The maximum absolute atomic E-state index is 12.6. The maximum atomic E-state index is 12.6. The molecule has 3 rings (SSSR count). The molecule has 7 nitrogen and oxygen atoms in total. The van der Waals surface area contributed by atoms with Gasteiger partial charge in [-0.25, -0.2) is 13.4 Å². The van der Waals surface area contributed by atoms with E-state index in [1.165, 1.54) is 15.6 Å². The monoisotopic (exact) mass is 444 g/mol. The number of sulfonamides is 1. The van der Waals surface area contributed by atoms with Crippen molar-refractivity contribution in [2.24, 2.45) is 5.10 Å². The Morgan fingerprint density at radius 3 is 2.37 bits per heavy atom. The van der Waals surface area contributed by atoms with Crippen LogP contribution < -0.4 is 10.2 Å². The summed E-state index contributed by atoms with van der Waals surface area (Å²) < 4.78 is 31.8. The molecular weight excluding hydrogens is 420 g/mol. The third kappa shape index (κ3) is 5.05. The van der Waals surface area contributed by atoms with Gasteiger partial charge < -0.3 is 4.74 Å². The standard InChI is InChI=1S/C21H24N4O3S2/c1-4-25(5-2)30(26,27)19-12-8-17(9-13-19)20-15-29-21(23-20)24-22-14-16-6-10-18(28-3)11-7-16/h6-15H,4-5H2,1-3H3,(H,23,24). The molecule has 0 saturated heterocycles. The zero-order valence-electron chi connectivity index (χ0n) is 17.1. The molecule has 3 aromatic rings. The van der Waals surface area contributed by atoms with E-state index in [9.17, 15) is 8.42 Å². The number of hydrogen-bond acceptors (Lipinski definition) is 7. The summed E-state index contributed by atoms with van der Waals surface area (Å²) in [5.41, 5.74) is 5.46. The molecule has 2 aromatic carbocycles. The Hall–Kier alpha value is -2.75. The van der Waals surface area contributed by atoms with E-state index in [2.05, 4.69) is 15.5 Å². The van der Waals surface area contributed by atoms with Crippen LogP contribution in [0.5, 0.6) is 5.75 Å². The summed E-state index contributed by atoms with van der Waals surface area (Å²) in [5, 5.41) is 6.76. The van der Waals surface area contributed by atoms with Crippen molar-refractivity contribution in [3.8, 4) is 17.0 Å². The van der Waals surface area contributed by atoms with Crippen LogP contribution in [0, 0.1) is 0 Å². The van der Waals surface area contributed by atoms with E-state index in [1.807, 2.05) is 43.5 Å². The maximum Gasteiger partial charge on any atom is 0.243 e. The minimum Gasteiger partial charge on any atom is -0.497 e. The lowest BCUT2D eigenvalue weighted by Gasteiger charge is -2.18. The predicted octanol–water partition coefficient (Wildman–Crippen LogP) is 4.30. The smallest absolute Gasteiger partial charge is 0.243 e. The predicted molar refractivity (Wildman–Crippen MR) is 122 cm³/mol. The fraction of sp³-hybridized carbons (Fsp3) is 0.238. The normalized spacial score (nSPS) is 11.9. The molecule has 0 saturated carbocycles. The van der Waals surface area contributed by atoms with Crippen LogP contribution >= 0.6 is 11.3 Å². The van der Waals surface area contributed by atoms with Gasteiger partial charge in [-0.05, 0) is 42.0 Å². The van der Waals surface area contributed by atoms with Crippen molar-refractivity contribution in [1.29, 1.82) is 0 Å². The number of thiazole rings is 1. The lowest BCUT2D eigenvalue weighted by molar-refractivity contribution is 0.415. The Morgan fingerprint density at radius 1 is 1.10 bits per heavy atom. The molecule has 0 fully saturated rings. The topological polar surface area (TPSA) is 83.9 Å². The van der Waals surface area contributed by atoms with Crippen LogP contribution in [0.25, 0.3) is 11.3 Å². The van der Waals surface area contributed by atoms with Crippen LogP contribution in [-0.4, -0.2) is 44.1 Å². The highest BCUT2D eigenvalue weighted by Crippen LogP contribution is 2.26. The van der Waals surface area contributed by atoms with Crippen LogP contribution in [0.2, 0.25) is 0 Å². The summed E-state index contributed by atoms with van der Waals surface area (Å²) in [7, 11) is -1.83. The second kappa shape index (κ2) is 9.84. The molecular formula is C21H24N4O3S2. The Bertz CT molecular complexity index is 1090. The van der Waals surface area contributed by atoms with Gasteiger partial charge in [0.1, 0.15) is 5.75 Å². The van der Waals surface area contributed by atoms with Gasteiger partial charge in [0, 0.05) is 24.0 Å². The molecule has 0 amide bonds. The fourth-order valence-electron chi connectivity index (χ4n) is 2.82. The van der Waals surface area contributed by atoms with Gasteiger partial charge in [0.15, 0.2) is 0 Å². The van der Waals surface area contributed by atoms with E-state index in [1.54, 1.807) is 37.6 Å². The Kier molecular flexibility index (Phi) is 7.20. The number of rotatable bonds is 9.